The van der Waals surface area contributed by atoms with Gasteiger partial charge in [-0.15, -0.1) is 0 Å². The second-order valence-electron chi connectivity index (χ2n) is 6.98. The number of carbonyl (C=O) groups is 2. The minimum Gasteiger partial charge on any atom is -0.338 e. The maximum absolute atomic E-state index is 12.6. The van der Waals surface area contributed by atoms with Gasteiger partial charge < -0.3 is 9.80 Å². The Morgan fingerprint density at radius 2 is 1.69 bits per heavy atom. The van der Waals surface area contributed by atoms with Gasteiger partial charge in [-0.2, -0.15) is 0 Å². The van der Waals surface area contributed by atoms with Crippen LogP contribution in [0.1, 0.15) is 36.7 Å². The zero-order valence-corrected chi connectivity index (χ0v) is 16.3. The molecular weight excluding hydrogens is 326 g/mol. The molecule has 2 rings (SSSR count). The van der Waals surface area contributed by atoms with Crippen LogP contribution >= 0.6 is 0 Å². The molecule has 0 bridgehead atoms. The third kappa shape index (κ3) is 5.43. The van der Waals surface area contributed by atoms with Crippen LogP contribution in [-0.4, -0.2) is 72.3 Å². The van der Waals surface area contributed by atoms with Crippen molar-refractivity contribution < 1.29 is 9.59 Å². The largest absolute Gasteiger partial charge is 0.338 e. The molecule has 5 nitrogen and oxygen atoms in total. The maximum atomic E-state index is 12.6. The average molecular weight is 357 g/mol. The maximum Gasteiger partial charge on any atom is 0.253 e. The summed E-state index contributed by atoms with van der Waals surface area (Å²) in [5.41, 5.74) is 2.97. The molecule has 0 atom stereocenters. The molecule has 0 spiro atoms. The first-order chi connectivity index (χ1) is 12.4. The van der Waals surface area contributed by atoms with Gasteiger partial charge in [-0.25, -0.2) is 0 Å². The molecule has 1 aliphatic heterocycles. The molecule has 0 aliphatic carbocycles. The number of benzene rings is 1. The summed E-state index contributed by atoms with van der Waals surface area (Å²) in [4.78, 5) is 30.9. The number of hydrogen-bond acceptors (Lipinski definition) is 3. The zero-order chi connectivity index (χ0) is 19.1. The lowest BCUT2D eigenvalue weighted by molar-refractivity contribution is -0.132. The Morgan fingerprint density at radius 3 is 2.19 bits per heavy atom. The highest BCUT2D eigenvalue weighted by Crippen LogP contribution is 2.11. The Hall–Kier alpha value is -2.14. The molecule has 1 aliphatic rings. The highest BCUT2D eigenvalue weighted by atomic mass is 16.2. The van der Waals surface area contributed by atoms with Crippen LogP contribution < -0.4 is 0 Å². The SMILES string of the molecule is C=C(C)CN(CC)C(=O)CN1CCN(C(=O)c2ccc(CC)cc2)CC1. The third-order valence-corrected chi connectivity index (χ3v) is 4.82. The first-order valence-corrected chi connectivity index (χ1v) is 9.47. The van der Waals surface area contributed by atoms with Crippen LogP contribution in [0.15, 0.2) is 36.4 Å². The van der Waals surface area contributed by atoms with Gasteiger partial charge in [0.2, 0.25) is 5.91 Å². The van der Waals surface area contributed by atoms with E-state index in [4.69, 9.17) is 0 Å². The Balaban J connectivity index is 1.85. The van der Waals surface area contributed by atoms with Crippen LogP contribution in [0.5, 0.6) is 0 Å². The zero-order valence-electron chi connectivity index (χ0n) is 16.3. The van der Waals surface area contributed by atoms with E-state index >= 15 is 0 Å². The fourth-order valence-electron chi connectivity index (χ4n) is 3.17. The average Bonchev–Trinajstić information content (AvgIpc) is 2.66. The van der Waals surface area contributed by atoms with E-state index < -0.39 is 0 Å². The fourth-order valence-corrected chi connectivity index (χ4v) is 3.17. The molecule has 2 amide bonds. The molecule has 1 aromatic carbocycles. The Morgan fingerprint density at radius 1 is 1.08 bits per heavy atom. The molecule has 5 heteroatoms. The van der Waals surface area contributed by atoms with E-state index in [1.807, 2.05) is 47.9 Å². The van der Waals surface area contributed by atoms with Crippen molar-refractivity contribution in [3.8, 4) is 0 Å². The lowest BCUT2D eigenvalue weighted by Gasteiger charge is -2.35. The van der Waals surface area contributed by atoms with E-state index in [9.17, 15) is 9.59 Å². The summed E-state index contributed by atoms with van der Waals surface area (Å²) in [6.45, 7) is 14.4. The molecule has 142 valence electrons. The van der Waals surface area contributed by atoms with Gasteiger partial charge in [0.1, 0.15) is 0 Å². The lowest BCUT2D eigenvalue weighted by atomic mass is 10.1. The minimum atomic E-state index is 0.0797. The van der Waals surface area contributed by atoms with E-state index in [-0.39, 0.29) is 11.8 Å². The van der Waals surface area contributed by atoms with Crippen LogP contribution in [0.3, 0.4) is 0 Å². The van der Waals surface area contributed by atoms with Crippen molar-refractivity contribution in [1.82, 2.24) is 14.7 Å². The molecule has 1 fully saturated rings. The quantitative estimate of drug-likeness (QED) is 0.704. The number of carbonyl (C=O) groups excluding carboxylic acids is 2. The van der Waals surface area contributed by atoms with Crippen molar-refractivity contribution in [3.05, 3.63) is 47.5 Å². The molecule has 0 radical (unpaired) electrons. The summed E-state index contributed by atoms with van der Waals surface area (Å²) in [6, 6.07) is 7.85. The Labute approximate surface area is 157 Å². The van der Waals surface area contributed by atoms with Gasteiger partial charge in [0.05, 0.1) is 6.54 Å². The van der Waals surface area contributed by atoms with Crippen LogP contribution in [-0.2, 0) is 11.2 Å². The normalized spacial score (nSPS) is 15.0. The fraction of sp³-hybridized carbons (Fsp3) is 0.524. The number of rotatable bonds is 7. The van der Waals surface area contributed by atoms with Crippen molar-refractivity contribution in [1.29, 1.82) is 0 Å². The van der Waals surface area contributed by atoms with Crippen LogP contribution in [0.25, 0.3) is 0 Å². The summed E-state index contributed by atoms with van der Waals surface area (Å²) >= 11 is 0. The van der Waals surface area contributed by atoms with Crippen molar-refractivity contribution in [2.45, 2.75) is 27.2 Å². The molecule has 0 unspecified atom stereocenters. The number of amides is 2. The second kappa shape index (κ2) is 9.53. The number of hydrogen-bond donors (Lipinski definition) is 0. The van der Waals surface area contributed by atoms with E-state index in [1.54, 1.807) is 0 Å². The summed E-state index contributed by atoms with van der Waals surface area (Å²) in [7, 11) is 0. The van der Waals surface area contributed by atoms with E-state index in [2.05, 4.69) is 18.4 Å². The highest BCUT2D eigenvalue weighted by molar-refractivity contribution is 5.94. The first kappa shape index (κ1) is 20.2. The lowest BCUT2D eigenvalue weighted by Crippen LogP contribution is -2.51. The highest BCUT2D eigenvalue weighted by Gasteiger charge is 2.24. The van der Waals surface area contributed by atoms with Crippen molar-refractivity contribution in [3.63, 3.8) is 0 Å². The van der Waals surface area contributed by atoms with E-state index in [0.29, 0.717) is 32.7 Å². The Bertz CT molecular complexity index is 631. The Kier molecular flexibility index (Phi) is 7.39. The minimum absolute atomic E-state index is 0.0797. The topological polar surface area (TPSA) is 43.9 Å². The summed E-state index contributed by atoms with van der Waals surface area (Å²) in [6.07, 6.45) is 0.974. The molecule has 0 aromatic heterocycles. The van der Waals surface area contributed by atoms with Gasteiger partial charge in [0.15, 0.2) is 0 Å². The summed E-state index contributed by atoms with van der Waals surface area (Å²) in [5, 5.41) is 0. The van der Waals surface area contributed by atoms with Gasteiger partial charge in [0, 0.05) is 44.8 Å². The smallest absolute Gasteiger partial charge is 0.253 e. The van der Waals surface area contributed by atoms with Gasteiger partial charge in [-0.1, -0.05) is 31.2 Å². The predicted molar refractivity (Wildman–Crippen MR) is 105 cm³/mol. The molecular formula is C21H31N3O2. The van der Waals surface area contributed by atoms with Crippen molar-refractivity contribution in [2.24, 2.45) is 0 Å². The number of piperazine rings is 1. The first-order valence-electron chi connectivity index (χ1n) is 9.47. The van der Waals surface area contributed by atoms with Crippen molar-refractivity contribution >= 4 is 11.8 Å². The number of likely N-dealkylation sites (N-methyl/N-ethyl adjacent to an activating group) is 1. The van der Waals surface area contributed by atoms with Gasteiger partial charge >= 0.3 is 0 Å². The van der Waals surface area contributed by atoms with Gasteiger partial charge in [0.25, 0.3) is 5.91 Å². The van der Waals surface area contributed by atoms with Gasteiger partial charge in [-0.3, -0.25) is 14.5 Å². The summed E-state index contributed by atoms with van der Waals surface area (Å²) in [5.74, 6) is 0.210. The molecule has 26 heavy (non-hydrogen) atoms. The molecule has 0 N–H and O–H groups in total. The van der Waals surface area contributed by atoms with Crippen LogP contribution in [0.4, 0.5) is 0 Å². The van der Waals surface area contributed by atoms with E-state index in [1.165, 1.54) is 5.56 Å². The van der Waals surface area contributed by atoms with E-state index in [0.717, 1.165) is 30.6 Å². The number of aryl methyl sites for hydroxylation is 1. The second-order valence-corrected chi connectivity index (χ2v) is 6.98. The molecule has 0 saturated carbocycles. The van der Waals surface area contributed by atoms with Crippen molar-refractivity contribution in [2.75, 3.05) is 45.8 Å². The molecule has 1 heterocycles. The predicted octanol–water partition coefficient (Wildman–Crippen LogP) is 2.43. The molecule has 1 aromatic rings. The van der Waals surface area contributed by atoms with Crippen LogP contribution in [0, 0.1) is 0 Å². The monoisotopic (exact) mass is 357 g/mol. The number of nitrogens with zero attached hydrogens (tertiary/aromatic N) is 3. The standard InChI is InChI=1S/C21H31N3O2/c1-5-18-7-9-19(10-8-18)21(26)24-13-11-22(12-14-24)16-20(25)23(6-2)15-17(3)4/h7-10H,3,5-6,11-16H2,1-2,4H3. The molecule has 1 saturated heterocycles. The third-order valence-electron chi connectivity index (χ3n) is 4.82. The summed E-state index contributed by atoms with van der Waals surface area (Å²) < 4.78 is 0. The van der Waals surface area contributed by atoms with Crippen LogP contribution in [0.2, 0.25) is 0 Å². The van der Waals surface area contributed by atoms with Gasteiger partial charge in [-0.05, 0) is 38.0 Å².